The molecule has 0 aliphatic rings. The van der Waals surface area contributed by atoms with E-state index in [-0.39, 0.29) is 0 Å². The summed E-state index contributed by atoms with van der Waals surface area (Å²) in [5.41, 5.74) is 3.77. The van der Waals surface area contributed by atoms with Crippen molar-refractivity contribution in [3.8, 4) is 0 Å². The van der Waals surface area contributed by atoms with Crippen LogP contribution < -0.4 is 0 Å². The highest BCUT2D eigenvalue weighted by molar-refractivity contribution is 5.82. The standard InChI is InChI=1S/C15H17NO/c1-10(2)8-15(17)14-9-11(3)12-6-4-5-7-13(12)16-14/h4-7,9,15,17H,1,8H2,2-3H3. The van der Waals surface area contributed by atoms with Gasteiger partial charge in [0.05, 0.1) is 17.3 Å². The molecule has 1 N–H and O–H groups in total. The molecule has 0 spiro atoms. The molecule has 1 heterocycles. The first-order valence-electron chi connectivity index (χ1n) is 5.76. The summed E-state index contributed by atoms with van der Waals surface area (Å²) in [6.45, 7) is 7.77. The lowest BCUT2D eigenvalue weighted by Gasteiger charge is -2.12. The highest BCUT2D eigenvalue weighted by Gasteiger charge is 2.11. The second kappa shape index (κ2) is 4.68. The Morgan fingerprint density at radius 1 is 1.41 bits per heavy atom. The number of rotatable bonds is 3. The van der Waals surface area contributed by atoms with Crippen LogP contribution in [-0.2, 0) is 0 Å². The zero-order valence-corrected chi connectivity index (χ0v) is 10.3. The normalized spacial score (nSPS) is 12.6. The Morgan fingerprint density at radius 2 is 2.12 bits per heavy atom. The van der Waals surface area contributed by atoms with E-state index < -0.39 is 6.10 Å². The number of para-hydroxylation sites is 1. The molecule has 17 heavy (non-hydrogen) atoms. The zero-order chi connectivity index (χ0) is 12.4. The fourth-order valence-corrected chi connectivity index (χ4v) is 1.98. The van der Waals surface area contributed by atoms with Gasteiger partial charge in [-0.05, 0) is 38.0 Å². The quantitative estimate of drug-likeness (QED) is 0.813. The monoisotopic (exact) mass is 227 g/mol. The molecule has 0 saturated carbocycles. The molecule has 1 aromatic carbocycles. The van der Waals surface area contributed by atoms with Gasteiger partial charge >= 0.3 is 0 Å². The molecule has 88 valence electrons. The lowest BCUT2D eigenvalue weighted by Crippen LogP contribution is -2.02. The van der Waals surface area contributed by atoms with E-state index in [0.717, 1.165) is 27.7 Å². The average Bonchev–Trinajstić information content (AvgIpc) is 2.28. The van der Waals surface area contributed by atoms with Gasteiger partial charge in [-0.2, -0.15) is 0 Å². The Bertz CT molecular complexity index is 560. The van der Waals surface area contributed by atoms with Crippen molar-refractivity contribution < 1.29 is 5.11 Å². The van der Waals surface area contributed by atoms with Crippen molar-refractivity contribution in [1.29, 1.82) is 0 Å². The average molecular weight is 227 g/mol. The lowest BCUT2D eigenvalue weighted by molar-refractivity contribution is 0.174. The third-order valence-corrected chi connectivity index (χ3v) is 2.83. The number of pyridine rings is 1. The number of aromatic nitrogens is 1. The first-order chi connectivity index (χ1) is 8.08. The van der Waals surface area contributed by atoms with Gasteiger partial charge in [0.25, 0.3) is 0 Å². The van der Waals surface area contributed by atoms with Gasteiger partial charge in [0.2, 0.25) is 0 Å². The van der Waals surface area contributed by atoms with Gasteiger partial charge in [0, 0.05) is 5.39 Å². The van der Waals surface area contributed by atoms with Gasteiger partial charge in [0.15, 0.2) is 0 Å². The van der Waals surface area contributed by atoms with Crippen LogP contribution in [0.25, 0.3) is 10.9 Å². The molecule has 0 amide bonds. The van der Waals surface area contributed by atoms with Crippen LogP contribution in [0.4, 0.5) is 0 Å². The molecule has 0 fully saturated rings. The zero-order valence-electron chi connectivity index (χ0n) is 10.3. The van der Waals surface area contributed by atoms with Gasteiger partial charge in [0.1, 0.15) is 0 Å². The van der Waals surface area contributed by atoms with Crippen LogP contribution in [0.15, 0.2) is 42.5 Å². The summed E-state index contributed by atoms with van der Waals surface area (Å²) in [5.74, 6) is 0. The maximum absolute atomic E-state index is 10.1. The van der Waals surface area contributed by atoms with Crippen LogP contribution in [0, 0.1) is 6.92 Å². The molecule has 0 saturated heterocycles. The van der Waals surface area contributed by atoms with Gasteiger partial charge < -0.3 is 5.11 Å². The van der Waals surface area contributed by atoms with E-state index >= 15 is 0 Å². The summed E-state index contributed by atoms with van der Waals surface area (Å²) in [5, 5.41) is 11.2. The van der Waals surface area contributed by atoms with E-state index in [1.54, 1.807) is 0 Å². The largest absolute Gasteiger partial charge is 0.386 e. The van der Waals surface area contributed by atoms with Gasteiger partial charge in [-0.1, -0.05) is 23.8 Å². The van der Waals surface area contributed by atoms with Crippen molar-refractivity contribution in [2.24, 2.45) is 0 Å². The summed E-state index contributed by atoms with van der Waals surface area (Å²) < 4.78 is 0. The first-order valence-corrected chi connectivity index (χ1v) is 5.76. The molecule has 1 atom stereocenters. The second-order valence-corrected chi connectivity index (χ2v) is 4.56. The van der Waals surface area contributed by atoms with Gasteiger partial charge in [-0.25, -0.2) is 0 Å². The second-order valence-electron chi connectivity index (χ2n) is 4.56. The van der Waals surface area contributed by atoms with Crippen LogP contribution in [0.2, 0.25) is 0 Å². The minimum Gasteiger partial charge on any atom is -0.386 e. The van der Waals surface area contributed by atoms with Crippen molar-refractivity contribution >= 4 is 10.9 Å². The van der Waals surface area contributed by atoms with E-state index in [1.807, 2.05) is 44.2 Å². The first kappa shape index (κ1) is 11.8. The molecular weight excluding hydrogens is 210 g/mol. The highest BCUT2D eigenvalue weighted by atomic mass is 16.3. The maximum atomic E-state index is 10.1. The molecule has 1 aromatic heterocycles. The van der Waals surface area contributed by atoms with E-state index in [9.17, 15) is 5.11 Å². The van der Waals surface area contributed by atoms with Crippen LogP contribution >= 0.6 is 0 Å². The van der Waals surface area contributed by atoms with Crippen molar-refractivity contribution in [3.63, 3.8) is 0 Å². The maximum Gasteiger partial charge on any atom is 0.0996 e. The number of aryl methyl sites for hydroxylation is 1. The van der Waals surface area contributed by atoms with Crippen molar-refractivity contribution in [1.82, 2.24) is 4.98 Å². The molecule has 0 aliphatic heterocycles. The molecule has 0 bridgehead atoms. The van der Waals surface area contributed by atoms with Crippen molar-refractivity contribution in [3.05, 3.63) is 53.7 Å². The summed E-state index contributed by atoms with van der Waals surface area (Å²) in [6.07, 6.45) is 0.000859. The predicted molar refractivity (Wildman–Crippen MR) is 70.9 cm³/mol. The Kier molecular flexibility index (Phi) is 3.25. The van der Waals surface area contributed by atoms with E-state index in [2.05, 4.69) is 11.6 Å². The number of nitrogens with zero attached hydrogens (tertiary/aromatic N) is 1. The molecular formula is C15H17NO. The van der Waals surface area contributed by atoms with Crippen molar-refractivity contribution in [2.75, 3.05) is 0 Å². The van der Waals surface area contributed by atoms with E-state index in [0.29, 0.717) is 6.42 Å². The minimum absolute atomic E-state index is 0.559. The predicted octanol–water partition coefficient (Wildman–Crippen LogP) is 3.54. The minimum atomic E-state index is -0.559. The number of hydrogen-bond donors (Lipinski definition) is 1. The number of fused-ring (bicyclic) bond motifs is 1. The number of aliphatic hydroxyl groups excluding tert-OH is 1. The molecule has 0 radical (unpaired) electrons. The highest BCUT2D eigenvalue weighted by Crippen LogP contribution is 2.23. The number of aliphatic hydroxyl groups is 1. The Morgan fingerprint density at radius 3 is 2.82 bits per heavy atom. The fourth-order valence-electron chi connectivity index (χ4n) is 1.98. The molecule has 2 nitrogen and oxygen atoms in total. The topological polar surface area (TPSA) is 33.1 Å². The van der Waals surface area contributed by atoms with Crippen molar-refractivity contribution in [2.45, 2.75) is 26.4 Å². The van der Waals surface area contributed by atoms with Gasteiger partial charge in [-0.15, -0.1) is 6.58 Å². The van der Waals surface area contributed by atoms with Crippen LogP contribution in [0.3, 0.4) is 0 Å². The Labute approximate surface area is 102 Å². The smallest absolute Gasteiger partial charge is 0.0996 e. The Balaban J connectivity index is 2.46. The van der Waals surface area contributed by atoms with Crippen LogP contribution in [0.1, 0.15) is 30.7 Å². The van der Waals surface area contributed by atoms with Crippen LogP contribution in [0.5, 0.6) is 0 Å². The Hall–Kier alpha value is -1.67. The molecule has 0 aliphatic carbocycles. The molecule has 1 unspecified atom stereocenters. The number of hydrogen-bond acceptors (Lipinski definition) is 2. The summed E-state index contributed by atoms with van der Waals surface area (Å²) in [6, 6.07) is 9.94. The third-order valence-electron chi connectivity index (χ3n) is 2.83. The fraction of sp³-hybridized carbons (Fsp3) is 0.267. The van der Waals surface area contributed by atoms with Crippen LogP contribution in [-0.4, -0.2) is 10.1 Å². The summed E-state index contributed by atoms with van der Waals surface area (Å²) >= 11 is 0. The summed E-state index contributed by atoms with van der Waals surface area (Å²) in [7, 11) is 0. The van der Waals surface area contributed by atoms with Gasteiger partial charge in [-0.3, -0.25) is 4.98 Å². The summed E-state index contributed by atoms with van der Waals surface area (Å²) in [4.78, 5) is 4.50. The van der Waals surface area contributed by atoms with E-state index in [4.69, 9.17) is 0 Å². The molecule has 2 aromatic rings. The lowest BCUT2D eigenvalue weighted by atomic mass is 10.0. The molecule has 2 rings (SSSR count). The molecule has 2 heteroatoms. The number of benzene rings is 1. The third kappa shape index (κ3) is 2.53. The van der Waals surface area contributed by atoms with E-state index in [1.165, 1.54) is 0 Å². The SMILES string of the molecule is C=C(C)CC(O)c1cc(C)c2ccccc2n1.